The summed E-state index contributed by atoms with van der Waals surface area (Å²) in [5, 5.41) is 3.27. The first-order chi connectivity index (χ1) is 8.92. The molecule has 3 rings (SSSR count). The molecule has 1 saturated heterocycles. The molecular formula is C13H18N2O3. The Morgan fingerprint density at radius 3 is 3.28 bits per heavy atom. The maximum atomic E-state index is 5.66. The molecule has 0 aliphatic carbocycles. The molecule has 1 aromatic heterocycles. The number of nitrogens with zero attached hydrogens (tertiary/aromatic N) is 1. The number of pyridine rings is 1. The predicted molar refractivity (Wildman–Crippen MR) is 65.9 cm³/mol. The van der Waals surface area contributed by atoms with Gasteiger partial charge >= 0.3 is 0 Å². The predicted octanol–water partition coefficient (Wildman–Crippen LogP) is 1.12. The van der Waals surface area contributed by atoms with E-state index >= 15 is 0 Å². The van der Waals surface area contributed by atoms with Crippen molar-refractivity contribution in [2.45, 2.75) is 25.5 Å². The minimum Gasteiger partial charge on any atom is -0.476 e. The van der Waals surface area contributed by atoms with Crippen molar-refractivity contribution in [1.29, 1.82) is 0 Å². The number of rotatable bonds is 3. The number of hydrogen-bond donors (Lipinski definition) is 1. The summed E-state index contributed by atoms with van der Waals surface area (Å²) in [6.45, 7) is 3.72. The number of nitrogens with one attached hydrogen (secondary N) is 1. The van der Waals surface area contributed by atoms with Crippen LogP contribution in [0.5, 0.6) is 11.8 Å². The zero-order valence-electron chi connectivity index (χ0n) is 10.4. The number of ether oxygens (including phenoxy) is 3. The fourth-order valence-corrected chi connectivity index (χ4v) is 2.19. The van der Waals surface area contributed by atoms with Crippen molar-refractivity contribution >= 4 is 0 Å². The van der Waals surface area contributed by atoms with Crippen LogP contribution < -0.4 is 14.8 Å². The molecule has 1 aromatic rings. The van der Waals surface area contributed by atoms with Crippen LogP contribution in [0.3, 0.4) is 0 Å². The highest BCUT2D eigenvalue weighted by molar-refractivity contribution is 5.31. The van der Waals surface area contributed by atoms with E-state index in [9.17, 15) is 0 Å². The number of hydrogen-bond acceptors (Lipinski definition) is 5. The van der Waals surface area contributed by atoms with Crippen LogP contribution in [-0.2, 0) is 11.3 Å². The lowest BCUT2D eigenvalue weighted by atomic mass is 10.2. The SMILES string of the molecule is c1cc2c(nc1OCC1CCCO1)OCCNC2. The highest BCUT2D eigenvalue weighted by Gasteiger charge is 2.17. The molecule has 0 amide bonds. The van der Waals surface area contributed by atoms with Crippen molar-refractivity contribution in [2.24, 2.45) is 0 Å². The van der Waals surface area contributed by atoms with Crippen LogP contribution in [0, 0.1) is 0 Å². The smallest absolute Gasteiger partial charge is 0.221 e. The molecule has 5 nitrogen and oxygen atoms in total. The molecule has 5 heteroatoms. The highest BCUT2D eigenvalue weighted by Crippen LogP contribution is 2.22. The molecule has 0 spiro atoms. The van der Waals surface area contributed by atoms with E-state index in [0.717, 1.165) is 38.1 Å². The monoisotopic (exact) mass is 250 g/mol. The summed E-state index contributed by atoms with van der Waals surface area (Å²) in [5.74, 6) is 1.30. The van der Waals surface area contributed by atoms with E-state index in [2.05, 4.69) is 10.3 Å². The van der Waals surface area contributed by atoms with Crippen LogP contribution in [0.25, 0.3) is 0 Å². The molecule has 1 N–H and O–H groups in total. The molecule has 2 aliphatic rings. The average molecular weight is 250 g/mol. The third kappa shape index (κ3) is 2.73. The van der Waals surface area contributed by atoms with Crippen LogP contribution in [0.15, 0.2) is 12.1 Å². The van der Waals surface area contributed by atoms with Gasteiger partial charge in [0.25, 0.3) is 0 Å². The standard InChI is InChI=1S/C13H18N2O3/c1-2-11(16-6-1)9-18-12-4-3-10-8-14-5-7-17-13(10)15-12/h3-4,11,14H,1-2,5-9H2. The Labute approximate surface area is 106 Å². The summed E-state index contributed by atoms with van der Waals surface area (Å²) < 4.78 is 16.7. The summed E-state index contributed by atoms with van der Waals surface area (Å²) in [5.41, 5.74) is 1.08. The third-order valence-electron chi connectivity index (χ3n) is 3.19. The van der Waals surface area contributed by atoms with Gasteiger partial charge in [-0.3, -0.25) is 0 Å². The zero-order valence-corrected chi connectivity index (χ0v) is 10.4. The lowest BCUT2D eigenvalue weighted by molar-refractivity contribution is 0.0660. The van der Waals surface area contributed by atoms with Crippen molar-refractivity contribution in [3.8, 4) is 11.8 Å². The van der Waals surface area contributed by atoms with Crippen LogP contribution in [0.1, 0.15) is 18.4 Å². The first-order valence-electron chi connectivity index (χ1n) is 6.50. The summed E-state index contributed by atoms with van der Waals surface area (Å²) >= 11 is 0. The van der Waals surface area contributed by atoms with Crippen LogP contribution in [0.4, 0.5) is 0 Å². The second kappa shape index (κ2) is 5.54. The second-order valence-corrected chi connectivity index (χ2v) is 4.59. The Bertz CT molecular complexity index is 405. The molecule has 1 fully saturated rings. The normalized spacial score (nSPS) is 23.0. The Hall–Kier alpha value is -1.33. The fraction of sp³-hybridized carbons (Fsp3) is 0.615. The van der Waals surface area contributed by atoms with Crippen molar-refractivity contribution < 1.29 is 14.2 Å². The molecule has 0 saturated carbocycles. The average Bonchev–Trinajstić information content (AvgIpc) is 2.80. The van der Waals surface area contributed by atoms with Crippen LogP contribution in [-0.4, -0.2) is 37.5 Å². The molecule has 0 aromatic carbocycles. The summed E-state index contributed by atoms with van der Waals surface area (Å²) in [6.07, 6.45) is 2.42. The Morgan fingerprint density at radius 2 is 2.39 bits per heavy atom. The lowest BCUT2D eigenvalue weighted by Gasteiger charge is -2.12. The van der Waals surface area contributed by atoms with Gasteiger partial charge in [-0.05, 0) is 18.9 Å². The van der Waals surface area contributed by atoms with E-state index in [1.807, 2.05) is 12.1 Å². The van der Waals surface area contributed by atoms with Crippen LogP contribution >= 0.6 is 0 Å². The maximum Gasteiger partial charge on any atom is 0.221 e. The van der Waals surface area contributed by atoms with Gasteiger partial charge in [0, 0.05) is 31.3 Å². The largest absolute Gasteiger partial charge is 0.476 e. The van der Waals surface area contributed by atoms with Gasteiger partial charge in [-0.25, -0.2) is 0 Å². The van der Waals surface area contributed by atoms with E-state index in [1.165, 1.54) is 0 Å². The van der Waals surface area contributed by atoms with E-state index in [-0.39, 0.29) is 6.10 Å². The fourth-order valence-electron chi connectivity index (χ4n) is 2.19. The number of aromatic nitrogens is 1. The van der Waals surface area contributed by atoms with E-state index in [1.54, 1.807) is 0 Å². The van der Waals surface area contributed by atoms with Gasteiger partial charge in [0.15, 0.2) is 0 Å². The second-order valence-electron chi connectivity index (χ2n) is 4.59. The van der Waals surface area contributed by atoms with Crippen LogP contribution in [0.2, 0.25) is 0 Å². The van der Waals surface area contributed by atoms with E-state index < -0.39 is 0 Å². The van der Waals surface area contributed by atoms with Gasteiger partial charge in [-0.1, -0.05) is 0 Å². The highest BCUT2D eigenvalue weighted by atomic mass is 16.5. The summed E-state index contributed by atoms with van der Waals surface area (Å²) in [7, 11) is 0. The van der Waals surface area contributed by atoms with Gasteiger partial charge in [0.1, 0.15) is 13.2 Å². The Balaban J connectivity index is 1.63. The Kier molecular flexibility index (Phi) is 3.61. The minimum absolute atomic E-state index is 0.216. The molecule has 98 valence electrons. The molecule has 3 heterocycles. The van der Waals surface area contributed by atoms with Gasteiger partial charge in [0.2, 0.25) is 11.8 Å². The number of fused-ring (bicyclic) bond motifs is 1. The molecule has 0 radical (unpaired) electrons. The van der Waals surface area contributed by atoms with Crippen molar-refractivity contribution in [3.63, 3.8) is 0 Å². The van der Waals surface area contributed by atoms with Gasteiger partial charge < -0.3 is 19.5 Å². The molecule has 1 atom stereocenters. The van der Waals surface area contributed by atoms with Gasteiger partial charge in [-0.2, -0.15) is 4.98 Å². The minimum atomic E-state index is 0.216. The third-order valence-corrected chi connectivity index (χ3v) is 3.19. The molecular weight excluding hydrogens is 232 g/mol. The topological polar surface area (TPSA) is 52.6 Å². The zero-order chi connectivity index (χ0) is 12.2. The quantitative estimate of drug-likeness (QED) is 0.871. The van der Waals surface area contributed by atoms with E-state index in [4.69, 9.17) is 14.2 Å². The van der Waals surface area contributed by atoms with E-state index in [0.29, 0.717) is 25.0 Å². The van der Waals surface area contributed by atoms with Crippen molar-refractivity contribution in [1.82, 2.24) is 10.3 Å². The molecule has 0 bridgehead atoms. The summed E-state index contributed by atoms with van der Waals surface area (Å²) in [4.78, 5) is 4.39. The maximum absolute atomic E-state index is 5.66. The van der Waals surface area contributed by atoms with Gasteiger partial charge in [-0.15, -0.1) is 0 Å². The Morgan fingerprint density at radius 1 is 1.39 bits per heavy atom. The molecule has 2 aliphatic heterocycles. The first-order valence-corrected chi connectivity index (χ1v) is 6.50. The first kappa shape index (κ1) is 11.7. The summed E-state index contributed by atoms with van der Waals surface area (Å²) in [6, 6.07) is 3.90. The molecule has 1 unspecified atom stereocenters. The lowest BCUT2D eigenvalue weighted by Crippen LogP contribution is -2.16. The molecule has 18 heavy (non-hydrogen) atoms. The van der Waals surface area contributed by atoms with Crippen molar-refractivity contribution in [2.75, 3.05) is 26.4 Å². The van der Waals surface area contributed by atoms with Gasteiger partial charge in [0.05, 0.1) is 6.10 Å². The van der Waals surface area contributed by atoms with Crippen molar-refractivity contribution in [3.05, 3.63) is 17.7 Å².